The Bertz CT molecular complexity index is 911. The van der Waals surface area contributed by atoms with E-state index in [0.29, 0.717) is 17.5 Å². The first kappa shape index (κ1) is 12.7. The summed E-state index contributed by atoms with van der Waals surface area (Å²) < 4.78 is 17.0. The molecule has 2 heterocycles. The maximum Gasteiger partial charge on any atom is 0.369 e. The van der Waals surface area contributed by atoms with Crippen molar-refractivity contribution in [2.24, 2.45) is 14.1 Å². The zero-order valence-corrected chi connectivity index (χ0v) is 12.4. The molecule has 0 saturated carbocycles. The Morgan fingerprint density at radius 3 is 2.73 bits per heavy atom. The van der Waals surface area contributed by atoms with Crippen LogP contribution in [0.2, 0.25) is 0 Å². The Balaban J connectivity index is 1.90. The molecule has 0 fully saturated rings. The highest BCUT2D eigenvalue weighted by Gasteiger charge is 2.18. The molecule has 2 aromatic heterocycles. The van der Waals surface area contributed by atoms with Crippen molar-refractivity contribution in [3.8, 4) is 11.6 Å². The van der Waals surface area contributed by atoms with Gasteiger partial charge in [0, 0.05) is 14.1 Å². The molecular weight excluding hydrogens is 286 g/mol. The normalized spacial score (nSPS) is 11.5. The van der Waals surface area contributed by atoms with E-state index in [1.165, 1.54) is 11.7 Å². The number of tetrazole rings is 1. The zero-order chi connectivity index (χ0) is 16.6. The first-order valence-corrected chi connectivity index (χ1v) is 6.55. The van der Waals surface area contributed by atoms with Crippen molar-refractivity contribution in [3.63, 3.8) is 0 Å². The number of aromatic nitrogens is 7. The molecule has 3 aromatic rings. The predicted octanol–water partition coefficient (Wildman–Crippen LogP) is -0.0181. The van der Waals surface area contributed by atoms with E-state index in [-0.39, 0.29) is 12.4 Å². The number of ether oxygens (including phenoxy) is 1. The van der Waals surface area contributed by atoms with E-state index in [9.17, 15) is 4.79 Å². The predicted molar refractivity (Wildman–Crippen MR) is 76.7 cm³/mol. The van der Waals surface area contributed by atoms with Crippen molar-refractivity contribution in [2.75, 3.05) is 0 Å². The number of aryl methyl sites for hydroxylation is 3. The van der Waals surface area contributed by atoms with Crippen LogP contribution in [0, 0.1) is 6.92 Å². The van der Waals surface area contributed by atoms with Crippen molar-refractivity contribution < 1.29 is 6.11 Å². The van der Waals surface area contributed by atoms with Crippen LogP contribution in [-0.2, 0) is 20.7 Å². The summed E-state index contributed by atoms with van der Waals surface area (Å²) in [5, 5.41) is 15.3. The topological polar surface area (TPSA) is 92.7 Å². The first-order chi connectivity index (χ1) is 11.0. The molecule has 0 aliphatic heterocycles. The summed E-state index contributed by atoms with van der Waals surface area (Å²) in [6.45, 7) is 2.02. The lowest BCUT2D eigenvalue weighted by atomic mass is 10.2. The average molecular weight is 303 g/mol. The fraction of sp³-hybridized carbons (Fsp3) is 0.308. The van der Waals surface area contributed by atoms with Crippen LogP contribution in [0.5, 0.6) is 5.75 Å². The van der Waals surface area contributed by atoms with Gasteiger partial charge in [-0.1, -0.05) is 23.4 Å². The van der Waals surface area contributed by atoms with Gasteiger partial charge in [-0.3, -0.25) is 0 Å². The van der Waals surface area contributed by atoms with Crippen molar-refractivity contribution >= 4 is 0 Å². The fourth-order valence-corrected chi connectivity index (χ4v) is 1.94. The Morgan fingerprint density at radius 1 is 1.23 bits per heavy atom. The van der Waals surface area contributed by atoms with E-state index in [2.05, 4.69) is 20.7 Å². The molecule has 0 bridgehead atoms. The van der Waals surface area contributed by atoms with Crippen molar-refractivity contribution in [1.82, 2.24) is 34.8 Å². The van der Waals surface area contributed by atoms with Gasteiger partial charge in [0.1, 0.15) is 18.1 Å². The Hall–Kier alpha value is -2.97. The number of rotatable bonds is 4. The van der Waals surface area contributed by atoms with Gasteiger partial charge in [-0.15, -0.1) is 9.78 Å². The summed E-state index contributed by atoms with van der Waals surface area (Å²) in [6.07, 6.45) is 0. The molecule has 0 saturated heterocycles. The van der Waals surface area contributed by atoms with E-state index in [0.717, 1.165) is 14.9 Å². The number of para-hydroxylation sites is 1. The zero-order valence-electron chi connectivity index (χ0n) is 13.4. The van der Waals surface area contributed by atoms with Crippen LogP contribution in [0.15, 0.2) is 29.0 Å². The van der Waals surface area contributed by atoms with Gasteiger partial charge in [0.05, 0.1) is 1.37 Å². The van der Waals surface area contributed by atoms with E-state index in [1.54, 1.807) is 25.2 Å². The van der Waals surface area contributed by atoms with Gasteiger partial charge in [0.25, 0.3) is 0 Å². The highest BCUT2D eigenvalue weighted by atomic mass is 16.5. The summed E-state index contributed by atoms with van der Waals surface area (Å²) >= 11 is 0. The first-order valence-electron chi connectivity index (χ1n) is 7.05. The molecule has 0 radical (unpaired) electrons. The van der Waals surface area contributed by atoms with Gasteiger partial charge in [-0.05, 0) is 29.0 Å². The molecular formula is C13H15N7O2. The lowest BCUT2D eigenvalue weighted by Crippen LogP contribution is -2.23. The van der Waals surface area contributed by atoms with Gasteiger partial charge in [-0.2, -0.15) is 4.68 Å². The quantitative estimate of drug-likeness (QED) is 0.672. The SMILES string of the molecule is [3H]c1ccc(OCc2c(-n3nnn(C)c3=O)nnn2C)c(C)c1. The average Bonchev–Trinajstić information content (AvgIpc) is 3.02. The van der Waals surface area contributed by atoms with Crippen LogP contribution < -0.4 is 10.4 Å². The molecule has 9 heteroatoms. The van der Waals surface area contributed by atoms with E-state index in [1.807, 2.05) is 6.92 Å². The highest BCUT2D eigenvalue weighted by Crippen LogP contribution is 2.18. The Labute approximate surface area is 127 Å². The number of nitrogens with zero attached hydrogens (tertiary/aromatic N) is 7. The maximum atomic E-state index is 12.0. The highest BCUT2D eigenvalue weighted by molar-refractivity contribution is 5.32. The number of hydrogen-bond donors (Lipinski definition) is 0. The molecule has 114 valence electrons. The second-order valence-corrected chi connectivity index (χ2v) is 4.76. The second kappa shape index (κ2) is 5.43. The molecule has 0 aliphatic carbocycles. The minimum atomic E-state index is -0.415. The fourth-order valence-electron chi connectivity index (χ4n) is 1.94. The van der Waals surface area contributed by atoms with Crippen molar-refractivity contribution in [3.05, 3.63) is 46.0 Å². The largest absolute Gasteiger partial charge is 0.487 e. The maximum absolute atomic E-state index is 12.0. The number of hydrogen-bond acceptors (Lipinski definition) is 6. The molecule has 0 atom stereocenters. The van der Waals surface area contributed by atoms with Crippen molar-refractivity contribution in [2.45, 2.75) is 13.5 Å². The molecule has 3 rings (SSSR count). The monoisotopic (exact) mass is 303 g/mol. The third-order valence-corrected chi connectivity index (χ3v) is 3.23. The number of benzene rings is 1. The molecule has 1 aromatic carbocycles. The van der Waals surface area contributed by atoms with E-state index < -0.39 is 5.69 Å². The van der Waals surface area contributed by atoms with Crippen LogP contribution in [0.3, 0.4) is 0 Å². The van der Waals surface area contributed by atoms with Crippen LogP contribution in [0.25, 0.3) is 5.82 Å². The summed E-state index contributed by atoms with van der Waals surface area (Å²) in [5.41, 5.74) is 1.02. The second-order valence-electron chi connectivity index (χ2n) is 4.76. The van der Waals surface area contributed by atoms with Crippen LogP contribution in [0.4, 0.5) is 0 Å². The molecule has 9 nitrogen and oxygen atoms in total. The van der Waals surface area contributed by atoms with Crippen LogP contribution in [-0.4, -0.2) is 34.8 Å². The van der Waals surface area contributed by atoms with Gasteiger partial charge >= 0.3 is 5.69 Å². The molecule has 22 heavy (non-hydrogen) atoms. The summed E-state index contributed by atoms with van der Waals surface area (Å²) in [6, 6.07) is 5.52. The summed E-state index contributed by atoms with van der Waals surface area (Å²) in [7, 11) is 3.21. The molecule has 0 amide bonds. The van der Waals surface area contributed by atoms with E-state index >= 15 is 0 Å². The Morgan fingerprint density at radius 2 is 2.05 bits per heavy atom. The lowest BCUT2D eigenvalue weighted by Gasteiger charge is -2.09. The lowest BCUT2D eigenvalue weighted by molar-refractivity contribution is 0.292. The summed E-state index contributed by atoms with van der Waals surface area (Å²) in [5.74, 6) is 0.931. The van der Waals surface area contributed by atoms with Gasteiger partial charge < -0.3 is 4.74 Å². The van der Waals surface area contributed by atoms with Gasteiger partial charge in [0.15, 0.2) is 0 Å². The summed E-state index contributed by atoms with van der Waals surface area (Å²) in [4.78, 5) is 12.0. The van der Waals surface area contributed by atoms with Crippen LogP contribution in [0.1, 0.15) is 12.6 Å². The third-order valence-electron chi connectivity index (χ3n) is 3.23. The molecule has 0 spiro atoms. The minimum absolute atomic E-state index is 0.153. The molecule has 0 N–H and O–H groups in total. The van der Waals surface area contributed by atoms with Crippen LogP contribution >= 0.6 is 0 Å². The standard InChI is InChI=1S/C13H15N7O2/c1-9-6-4-5-7-11(9)22-8-10-12(14-15-18(10)2)20-13(21)19(3)16-17-20/h4-7H,8H2,1-3H3/i4T. The van der Waals surface area contributed by atoms with Gasteiger partial charge in [0.2, 0.25) is 5.82 Å². The van der Waals surface area contributed by atoms with E-state index in [4.69, 9.17) is 6.11 Å². The third kappa shape index (κ3) is 2.36. The van der Waals surface area contributed by atoms with Crippen molar-refractivity contribution in [1.29, 1.82) is 0 Å². The molecule has 0 unspecified atom stereocenters. The van der Waals surface area contributed by atoms with Gasteiger partial charge in [-0.25, -0.2) is 9.48 Å². The Kier molecular flexibility index (Phi) is 3.15. The smallest absolute Gasteiger partial charge is 0.369 e. The molecule has 0 aliphatic rings. The minimum Gasteiger partial charge on any atom is -0.487 e.